The van der Waals surface area contributed by atoms with Crippen molar-refractivity contribution in [2.24, 2.45) is 0 Å². The minimum absolute atomic E-state index is 0.454. The molecule has 0 bridgehead atoms. The van der Waals surface area contributed by atoms with Gasteiger partial charge in [0.05, 0.1) is 0 Å². The fourth-order valence-corrected chi connectivity index (χ4v) is 1.03. The molecule has 0 aliphatic carbocycles. The molecule has 56 valence electrons. The Balaban J connectivity index is 3.09. The Kier molecular flexibility index (Phi) is 2.42. The molecule has 0 amide bonds. The molecule has 0 unspecified atom stereocenters. The summed E-state index contributed by atoms with van der Waals surface area (Å²) in [5, 5.41) is 0. The Morgan fingerprint density at radius 3 is 2.27 bits per heavy atom. The second-order valence-corrected chi connectivity index (χ2v) is 2.44. The van der Waals surface area contributed by atoms with Crippen LogP contribution < -0.4 is 4.65 Å². The van der Waals surface area contributed by atoms with E-state index in [4.69, 9.17) is 4.65 Å². The second kappa shape index (κ2) is 3.33. The Morgan fingerprint density at radius 2 is 1.82 bits per heavy atom. The molecule has 0 N–H and O–H groups in total. The summed E-state index contributed by atoms with van der Waals surface area (Å²) in [6.45, 7) is 3.82. The molecule has 1 rings (SSSR count). The van der Waals surface area contributed by atoms with Gasteiger partial charge in [-0.25, -0.2) is 0 Å². The summed E-state index contributed by atoms with van der Waals surface area (Å²) in [6.07, 6.45) is 0. The summed E-state index contributed by atoms with van der Waals surface area (Å²) in [6, 6.07) is 5.75. The van der Waals surface area contributed by atoms with Gasteiger partial charge in [-0.1, -0.05) is 0 Å². The molecule has 0 aromatic heterocycles. The van der Waals surface area contributed by atoms with Crippen molar-refractivity contribution in [2.75, 3.05) is 0 Å². The number of hydrogen-bond acceptors (Lipinski definition) is 2. The Hall–Kier alpha value is -1.12. The standard InChI is InChI=1S/C8H9BO2/c1-6-4-3-5-7(2)8(6)11-9-10/h3-5H,1-2H3. The van der Waals surface area contributed by atoms with Crippen LogP contribution in [0.15, 0.2) is 18.2 Å². The Bertz CT molecular complexity index is 251. The number of benzene rings is 1. The van der Waals surface area contributed by atoms with Crippen LogP contribution in [0.1, 0.15) is 11.1 Å². The molecule has 0 aliphatic rings. The van der Waals surface area contributed by atoms with Crippen LogP contribution in [0, 0.1) is 13.8 Å². The van der Waals surface area contributed by atoms with Crippen LogP contribution in [-0.2, 0) is 4.70 Å². The second-order valence-electron chi connectivity index (χ2n) is 2.44. The first-order valence-electron chi connectivity index (χ1n) is 3.42. The predicted octanol–water partition coefficient (Wildman–Crippen LogP) is 1.65. The fourth-order valence-electron chi connectivity index (χ4n) is 1.03. The van der Waals surface area contributed by atoms with Gasteiger partial charge >= 0.3 is 65.6 Å². The quantitative estimate of drug-likeness (QED) is 0.596. The van der Waals surface area contributed by atoms with E-state index in [0.717, 1.165) is 11.1 Å². The first kappa shape index (κ1) is 7.99. The van der Waals surface area contributed by atoms with Crippen LogP contribution in [0.5, 0.6) is 5.75 Å². The van der Waals surface area contributed by atoms with Crippen molar-refractivity contribution in [1.29, 1.82) is 0 Å². The summed E-state index contributed by atoms with van der Waals surface area (Å²) in [5.74, 6) is 0.669. The summed E-state index contributed by atoms with van der Waals surface area (Å²) >= 11 is 0. The molecule has 0 aliphatic heterocycles. The van der Waals surface area contributed by atoms with Crippen molar-refractivity contribution in [3.05, 3.63) is 29.3 Å². The van der Waals surface area contributed by atoms with Gasteiger partial charge in [0.1, 0.15) is 0 Å². The van der Waals surface area contributed by atoms with Crippen LogP contribution >= 0.6 is 0 Å². The third kappa shape index (κ3) is 1.67. The van der Waals surface area contributed by atoms with E-state index in [1.165, 1.54) is 0 Å². The molecule has 0 spiro atoms. The van der Waals surface area contributed by atoms with E-state index >= 15 is 0 Å². The van der Waals surface area contributed by atoms with Crippen molar-refractivity contribution in [3.63, 3.8) is 0 Å². The fraction of sp³-hybridized carbons (Fsp3) is 0.250. The molecular weight excluding hydrogens is 139 g/mol. The van der Waals surface area contributed by atoms with E-state index in [1.54, 1.807) is 0 Å². The van der Waals surface area contributed by atoms with Gasteiger partial charge in [0, 0.05) is 0 Å². The van der Waals surface area contributed by atoms with Gasteiger partial charge < -0.3 is 0 Å². The number of hydrogen-bond donors (Lipinski definition) is 0. The van der Waals surface area contributed by atoms with Gasteiger partial charge in [-0.15, -0.1) is 0 Å². The predicted molar refractivity (Wildman–Crippen MR) is 43.0 cm³/mol. The maximum absolute atomic E-state index is 10.1. The van der Waals surface area contributed by atoms with Gasteiger partial charge in [-0.2, -0.15) is 0 Å². The van der Waals surface area contributed by atoms with E-state index in [-0.39, 0.29) is 0 Å². The summed E-state index contributed by atoms with van der Waals surface area (Å²) in [5.41, 5.74) is 1.97. The van der Waals surface area contributed by atoms with E-state index in [1.807, 2.05) is 32.0 Å². The first-order valence-corrected chi connectivity index (χ1v) is 3.42. The molecule has 0 heterocycles. The molecule has 0 saturated heterocycles. The Labute approximate surface area is 66.5 Å². The van der Waals surface area contributed by atoms with Crippen molar-refractivity contribution in [2.45, 2.75) is 13.8 Å². The molecule has 0 saturated carbocycles. The van der Waals surface area contributed by atoms with Crippen LogP contribution in [0.2, 0.25) is 0 Å². The average molecular weight is 148 g/mol. The zero-order valence-corrected chi connectivity index (χ0v) is 6.63. The normalized spacial score (nSPS) is 8.91. The third-order valence-electron chi connectivity index (χ3n) is 1.57. The van der Waals surface area contributed by atoms with Gasteiger partial charge in [0.2, 0.25) is 0 Å². The Morgan fingerprint density at radius 1 is 1.27 bits per heavy atom. The topological polar surface area (TPSA) is 26.3 Å². The molecule has 1 aromatic carbocycles. The summed E-state index contributed by atoms with van der Waals surface area (Å²) < 4.78 is 14.8. The van der Waals surface area contributed by atoms with Crippen molar-refractivity contribution < 1.29 is 9.36 Å². The van der Waals surface area contributed by atoms with Crippen molar-refractivity contribution in [1.82, 2.24) is 0 Å². The SMILES string of the molecule is Cc1cccc(C)c1OB=O. The average Bonchev–Trinajstić information content (AvgIpc) is 1.97. The molecule has 0 fully saturated rings. The van der Waals surface area contributed by atoms with Crippen LogP contribution in [0.4, 0.5) is 0 Å². The van der Waals surface area contributed by atoms with Crippen molar-refractivity contribution in [3.8, 4) is 5.75 Å². The van der Waals surface area contributed by atoms with E-state index in [2.05, 4.69) is 0 Å². The molecule has 1 aromatic rings. The summed E-state index contributed by atoms with van der Waals surface area (Å²) in [4.78, 5) is 0. The molecule has 11 heavy (non-hydrogen) atoms. The molecule has 3 heteroatoms. The third-order valence-corrected chi connectivity index (χ3v) is 1.57. The van der Waals surface area contributed by atoms with Gasteiger partial charge in [-0.3, -0.25) is 0 Å². The number of rotatable bonds is 2. The summed E-state index contributed by atoms with van der Waals surface area (Å²) in [7, 11) is 0.454. The van der Waals surface area contributed by atoms with E-state index in [0.29, 0.717) is 13.1 Å². The van der Waals surface area contributed by atoms with Crippen LogP contribution in [-0.4, -0.2) is 7.35 Å². The van der Waals surface area contributed by atoms with E-state index in [9.17, 15) is 4.70 Å². The number of aryl methyl sites for hydroxylation is 2. The number of para-hydroxylation sites is 1. The maximum atomic E-state index is 10.1. The molecular formula is C8H9BO2. The van der Waals surface area contributed by atoms with Crippen LogP contribution in [0.3, 0.4) is 0 Å². The van der Waals surface area contributed by atoms with Gasteiger partial charge in [0.15, 0.2) is 0 Å². The molecule has 0 atom stereocenters. The van der Waals surface area contributed by atoms with Crippen molar-refractivity contribution >= 4 is 7.35 Å². The minimum atomic E-state index is 0.454. The van der Waals surface area contributed by atoms with E-state index < -0.39 is 0 Å². The zero-order chi connectivity index (χ0) is 8.27. The molecule has 0 radical (unpaired) electrons. The molecule has 2 nitrogen and oxygen atoms in total. The zero-order valence-electron chi connectivity index (χ0n) is 6.63. The van der Waals surface area contributed by atoms with Gasteiger partial charge in [-0.05, 0) is 0 Å². The van der Waals surface area contributed by atoms with Gasteiger partial charge in [0.25, 0.3) is 0 Å². The monoisotopic (exact) mass is 148 g/mol. The van der Waals surface area contributed by atoms with Crippen LogP contribution in [0.25, 0.3) is 0 Å². The first-order chi connectivity index (χ1) is 5.25.